The van der Waals surface area contributed by atoms with Crippen molar-refractivity contribution in [1.82, 2.24) is 59.8 Å². The lowest BCUT2D eigenvalue weighted by Gasteiger charge is -2.30. The number of aliphatic hydroxyl groups is 3. The van der Waals surface area contributed by atoms with E-state index in [1.807, 2.05) is 0 Å². The highest BCUT2D eigenvalue weighted by Gasteiger charge is 2.63. The summed E-state index contributed by atoms with van der Waals surface area (Å²) >= 11 is 0. The number of pyridine rings is 12. The molecule has 12 aromatic heterocycles. The first-order valence-corrected chi connectivity index (χ1v) is 40.3. The molecule has 3 saturated heterocycles. The predicted octanol–water partition coefficient (Wildman–Crippen LogP) is 8.64. The van der Waals surface area contributed by atoms with Gasteiger partial charge in [-0.3, -0.25) is 34.9 Å². The van der Waals surface area contributed by atoms with Crippen LogP contribution in [0.5, 0.6) is 0 Å². The standard InChI is InChI=1S/2C31H24F2N4O9.C31H25FN4O9/c1-18(21-8-4-12-36-26(21)32)43-17-31(41)25(45-29(39)20-7-3-11-35-15-20)24(44-30(40)22-9-5-13-37-27(22)33)23(46-31)16-42-28(38)19-6-2-10-34-14-19;1-18(19-6-2-10-34-14-19)43-17-31(41)25(45-28(38)20-7-3-11-35-15-20)24(44-30(40)22-9-5-13-37-27(22)33)23(46-31)16-42-29(39)21-8-4-12-36-26(21)32;1-19(20-6-2-10-33-14-20)42-18-31(40)26(44-30(39)23-9-5-13-36-27(23)32)25(43-29(38)22-8-4-12-35-16-22)24(45-31)17-41-28(37)21-7-3-11-34-15-21/h2*2-15,23-25,41H,1,16-17H2;2-16,24-26,40H,1,17-18H2/t2*23-,24-,25+,31-;24-,25-,26+,31-/m111/s1. The van der Waals surface area contributed by atoms with E-state index in [-0.39, 0.29) is 50.7 Å². The molecule has 0 bridgehead atoms. The second kappa shape index (κ2) is 45.5. The van der Waals surface area contributed by atoms with Gasteiger partial charge >= 0.3 is 53.7 Å². The van der Waals surface area contributed by atoms with E-state index in [0.29, 0.717) is 11.1 Å². The molecule has 0 saturated carbocycles. The zero-order chi connectivity index (χ0) is 97.2. The van der Waals surface area contributed by atoms with Crippen molar-refractivity contribution in [2.75, 3.05) is 39.6 Å². The average molecular weight is 1890 g/mol. The molecule has 137 heavy (non-hydrogen) atoms. The third-order valence-corrected chi connectivity index (χ3v) is 19.8. The Morgan fingerprint density at radius 1 is 0.270 bits per heavy atom. The van der Waals surface area contributed by atoms with E-state index < -0.39 is 218 Å². The van der Waals surface area contributed by atoms with Crippen molar-refractivity contribution < 1.29 is 151 Å². The van der Waals surface area contributed by atoms with Crippen molar-refractivity contribution in [2.24, 2.45) is 0 Å². The molecule has 3 aliphatic rings. The molecule has 0 aromatic carbocycles. The minimum atomic E-state index is -2.64. The maximum atomic E-state index is 14.4. The normalized spacial score (nSPS) is 20.4. The quantitative estimate of drug-likeness (QED) is 0.0114. The first kappa shape index (κ1) is 97.6. The fraction of sp³-hybridized carbons (Fsp3) is 0.194. The van der Waals surface area contributed by atoms with Crippen molar-refractivity contribution in [3.63, 3.8) is 0 Å². The number of ether oxygens (including phenoxy) is 15. The Bertz CT molecular complexity index is 6330. The lowest BCUT2D eigenvalue weighted by Crippen LogP contribution is -2.50. The molecule has 3 aliphatic heterocycles. The second-order valence-corrected chi connectivity index (χ2v) is 28.9. The van der Waals surface area contributed by atoms with Crippen LogP contribution >= 0.6 is 0 Å². The largest absolute Gasteiger partial charge is 0.488 e. The molecule has 15 heterocycles. The molecule has 0 aliphatic carbocycles. The Hall–Kier alpha value is -16.9. The summed E-state index contributed by atoms with van der Waals surface area (Å²) in [4.78, 5) is 161. The Labute approximate surface area is 770 Å². The average Bonchev–Trinajstić information content (AvgIpc) is 1.62. The van der Waals surface area contributed by atoms with Crippen LogP contribution in [0.4, 0.5) is 22.0 Å². The van der Waals surface area contributed by atoms with E-state index in [4.69, 9.17) is 71.1 Å². The summed E-state index contributed by atoms with van der Waals surface area (Å²) in [5.41, 5.74) is -1.41. The van der Waals surface area contributed by atoms with Gasteiger partial charge in [0, 0.05) is 129 Å². The molecule has 3 N–H and O–H groups in total. The molecule has 702 valence electrons. The monoisotopic (exact) mass is 1880 g/mol. The van der Waals surface area contributed by atoms with Crippen LogP contribution in [-0.4, -0.2) is 241 Å². The van der Waals surface area contributed by atoms with Gasteiger partial charge in [0.2, 0.25) is 47.1 Å². The predicted molar refractivity (Wildman–Crippen MR) is 451 cm³/mol. The van der Waals surface area contributed by atoms with Crippen LogP contribution < -0.4 is 0 Å². The molecule has 3 fully saturated rings. The molecule has 15 rings (SSSR count). The Morgan fingerprint density at radius 3 is 0.766 bits per heavy atom. The van der Waals surface area contributed by atoms with E-state index in [0.717, 1.165) is 49.1 Å². The van der Waals surface area contributed by atoms with Crippen LogP contribution in [0.3, 0.4) is 0 Å². The summed E-state index contributed by atoms with van der Waals surface area (Å²) in [6.07, 6.45) is 9.71. The number of hydrogen-bond acceptors (Lipinski definition) is 39. The van der Waals surface area contributed by atoms with Gasteiger partial charge in [0.05, 0.1) is 33.4 Å². The summed E-state index contributed by atoms with van der Waals surface area (Å²) in [5, 5.41) is 35.3. The fourth-order valence-electron chi connectivity index (χ4n) is 13.0. The molecule has 0 spiro atoms. The number of nitrogens with zero attached hydrogens (tertiary/aromatic N) is 12. The van der Waals surface area contributed by atoms with Crippen molar-refractivity contribution in [1.29, 1.82) is 0 Å². The Morgan fingerprint density at radius 2 is 0.489 bits per heavy atom. The fourth-order valence-corrected chi connectivity index (χ4v) is 13.0. The molecular formula is C93H73F5N12O27. The first-order chi connectivity index (χ1) is 66.1. The van der Waals surface area contributed by atoms with E-state index in [9.17, 15) is 80.4 Å². The molecule has 12 aromatic rings. The van der Waals surface area contributed by atoms with Crippen molar-refractivity contribution >= 4 is 71.0 Å². The van der Waals surface area contributed by atoms with Crippen LogP contribution in [0.15, 0.2) is 283 Å². The van der Waals surface area contributed by atoms with E-state index in [1.54, 1.807) is 24.3 Å². The molecular weight excluding hydrogens is 1810 g/mol. The highest BCUT2D eigenvalue weighted by molar-refractivity contribution is 5.94. The van der Waals surface area contributed by atoms with Gasteiger partial charge in [-0.2, -0.15) is 22.0 Å². The number of halogens is 5. The van der Waals surface area contributed by atoms with Gasteiger partial charge < -0.3 is 86.4 Å². The zero-order valence-corrected chi connectivity index (χ0v) is 70.8. The van der Waals surface area contributed by atoms with Crippen LogP contribution in [0.2, 0.25) is 0 Å². The SMILES string of the molecule is C=C(OC[C@@]1(O)O[C@H](COC(=O)c2cccnc2)[C@@H](OC(=O)c2cccnc2)[C@@H]1OC(=O)c1cccnc1F)c1cccnc1.C=C(OC[C@@]1(O)O[C@H](COC(=O)c2cccnc2)[C@@H](OC(=O)c2cccnc2F)[C@@H]1OC(=O)c1cccnc1)c1cccnc1F.C=C(OC[C@@]1(O)O[C@H](COC(=O)c2cccnc2F)[C@@H](OC(=O)c2cccnc2F)[C@@H]1OC(=O)c1cccnc1)c1cccnc1. The summed E-state index contributed by atoms with van der Waals surface area (Å²) in [6, 6.07) is 33.3. The molecule has 44 heteroatoms. The van der Waals surface area contributed by atoms with Crippen molar-refractivity contribution in [3.05, 3.63) is 380 Å². The number of rotatable bonds is 33. The lowest BCUT2D eigenvalue weighted by atomic mass is 10.0. The maximum Gasteiger partial charge on any atom is 0.343 e. The lowest BCUT2D eigenvalue weighted by molar-refractivity contribution is -0.246. The smallest absolute Gasteiger partial charge is 0.343 e. The van der Waals surface area contributed by atoms with Crippen LogP contribution in [0, 0.1) is 29.7 Å². The van der Waals surface area contributed by atoms with Crippen LogP contribution in [0.25, 0.3) is 17.3 Å². The molecule has 0 radical (unpaired) electrons. The van der Waals surface area contributed by atoms with Crippen LogP contribution in [0.1, 0.15) is 110 Å². The van der Waals surface area contributed by atoms with Gasteiger partial charge in [-0.05, 0) is 146 Å². The van der Waals surface area contributed by atoms with Gasteiger partial charge in [0.1, 0.15) is 97.5 Å². The molecule has 12 atom stereocenters. The third kappa shape index (κ3) is 24.9. The zero-order valence-electron chi connectivity index (χ0n) is 70.8. The third-order valence-electron chi connectivity index (χ3n) is 19.8. The van der Waals surface area contributed by atoms with E-state index >= 15 is 0 Å². The van der Waals surface area contributed by atoms with Gasteiger partial charge in [-0.1, -0.05) is 19.7 Å². The number of hydrogen-bond donors (Lipinski definition) is 3. The van der Waals surface area contributed by atoms with Crippen molar-refractivity contribution in [3.8, 4) is 0 Å². The second-order valence-electron chi connectivity index (χ2n) is 28.9. The Balaban J connectivity index is 0.000000174. The number of carbonyl (C=O) groups is 9. The van der Waals surface area contributed by atoms with Gasteiger partial charge in [-0.25, -0.2) is 68.1 Å². The number of carbonyl (C=O) groups excluding carboxylic acids is 9. The summed E-state index contributed by atoms with van der Waals surface area (Å²) < 4.78 is 155. The van der Waals surface area contributed by atoms with Crippen LogP contribution in [-0.2, 0) is 71.1 Å². The van der Waals surface area contributed by atoms with Crippen molar-refractivity contribution in [2.45, 2.75) is 72.3 Å². The highest BCUT2D eigenvalue weighted by Crippen LogP contribution is 2.41. The van der Waals surface area contributed by atoms with Gasteiger partial charge in [0.15, 0.2) is 36.6 Å². The Kier molecular flexibility index (Phi) is 32.4. The topological polar surface area (TPSA) is 507 Å². The summed E-state index contributed by atoms with van der Waals surface area (Å²) in [7, 11) is 0. The summed E-state index contributed by atoms with van der Waals surface area (Å²) in [6.45, 7) is 6.90. The molecule has 0 amide bonds. The van der Waals surface area contributed by atoms with E-state index in [1.165, 1.54) is 190 Å². The molecule has 0 unspecified atom stereocenters. The van der Waals surface area contributed by atoms with E-state index in [2.05, 4.69) is 79.5 Å². The van der Waals surface area contributed by atoms with Gasteiger partial charge in [-0.15, -0.1) is 0 Å². The molecule has 39 nitrogen and oxygen atoms in total. The highest BCUT2D eigenvalue weighted by atomic mass is 19.1. The number of aromatic nitrogens is 12. The summed E-state index contributed by atoms with van der Waals surface area (Å²) in [5.74, 6) is -23.0. The minimum absolute atomic E-state index is 0.0173. The maximum absolute atomic E-state index is 14.4. The first-order valence-electron chi connectivity index (χ1n) is 40.3. The van der Waals surface area contributed by atoms with Gasteiger partial charge in [0.25, 0.3) is 0 Å². The minimum Gasteiger partial charge on any atom is -0.488 e. The number of esters is 9.